The molecule has 1 aromatic carbocycles. The summed E-state index contributed by atoms with van der Waals surface area (Å²) >= 11 is 0. The highest BCUT2D eigenvalue weighted by atomic mass is 16.5. The van der Waals surface area contributed by atoms with E-state index in [1.54, 1.807) is 42.5 Å². The van der Waals surface area contributed by atoms with E-state index in [1.165, 1.54) is 0 Å². The molecule has 0 radical (unpaired) electrons. The van der Waals surface area contributed by atoms with Gasteiger partial charge in [-0.15, -0.1) is 0 Å². The minimum atomic E-state index is -0.840. The van der Waals surface area contributed by atoms with Crippen LogP contribution in [0.5, 0.6) is 5.88 Å². The zero-order valence-corrected chi connectivity index (χ0v) is 11.0. The minimum Gasteiger partial charge on any atom is -0.478 e. The van der Waals surface area contributed by atoms with Crippen molar-refractivity contribution in [2.45, 2.75) is 12.8 Å². The van der Waals surface area contributed by atoms with Crippen molar-refractivity contribution >= 4 is 11.6 Å². The number of nitrogens with zero attached hydrogens (tertiary/aromatic N) is 1. The third kappa shape index (κ3) is 1.90. The Morgan fingerprint density at radius 2 is 1.65 bits per heavy atom. The van der Waals surface area contributed by atoms with E-state index in [-0.39, 0.29) is 11.6 Å². The highest BCUT2D eigenvalue weighted by Gasteiger charge is 2.40. The molecule has 0 amide bonds. The number of carbonyl (C=O) groups excluding carboxylic acids is 2. The first kappa shape index (κ1) is 12.5. The van der Waals surface area contributed by atoms with Gasteiger partial charge in [0.15, 0.2) is 11.6 Å². The van der Waals surface area contributed by atoms with Crippen LogP contribution in [0.2, 0.25) is 0 Å². The fourth-order valence-electron chi connectivity index (χ4n) is 2.43. The smallest absolute Gasteiger partial charge is 0.213 e. The number of hydrogen-bond donors (Lipinski definition) is 0. The molecule has 0 saturated heterocycles. The number of ether oxygens (including phenoxy) is 1. The van der Waals surface area contributed by atoms with E-state index < -0.39 is 5.92 Å². The van der Waals surface area contributed by atoms with Gasteiger partial charge in [-0.3, -0.25) is 9.59 Å². The number of ketones is 2. The van der Waals surface area contributed by atoms with Crippen LogP contribution in [0.1, 0.15) is 39.3 Å². The van der Waals surface area contributed by atoms with Crippen molar-refractivity contribution in [1.82, 2.24) is 4.98 Å². The summed E-state index contributed by atoms with van der Waals surface area (Å²) in [4.78, 5) is 29.0. The van der Waals surface area contributed by atoms with Crippen LogP contribution >= 0.6 is 0 Å². The second kappa shape index (κ2) is 4.89. The number of hydrogen-bond acceptors (Lipinski definition) is 4. The predicted molar refractivity (Wildman–Crippen MR) is 73.3 cm³/mol. The standard InChI is InChI=1S/C16H13NO3/c1-2-20-13-9-5-8-12(17-13)14-15(18)10-6-3-4-7-11(10)16(14)19/h3-9,14H,2H2,1H3. The third-order valence-corrected chi connectivity index (χ3v) is 3.32. The second-order valence-electron chi connectivity index (χ2n) is 4.54. The van der Waals surface area contributed by atoms with Crippen molar-refractivity contribution in [2.75, 3.05) is 6.61 Å². The molecule has 0 bridgehead atoms. The van der Waals surface area contributed by atoms with Gasteiger partial charge in [-0.1, -0.05) is 30.3 Å². The van der Waals surface area contributed by atoms with Crippen molar-refractivity contribution < 1.29 is 14.3 Å². The minimum absolute atomic E-state index is 0.188. The van der Waals surface area contributed by atoms with Crippen LogP contribution in [0.15, 0.2) is 42.5 Å². The fraction of sp³-hybridized carbons (Fsp3) is 0.188. The van der Waals surface area contributed by atoms with Crippen molar-refractivity contribution in [3.8, 4) is 5.88 Å². The molecule has 3 rings (SSSR count). The average Bonchev–Trinajstić information content (AvgIpc) is 2.72. The van der Waals surface area contributed by atoms with Crippen LogP contribution < -0.4 is 4.74 Å². The van der Waals surface area contributed by atoms with Gasteiger partial charge in [-0.2, -0.15) is 0 Å². The molecule has 4 nitrogen and oxygen atoms in total. The van der Waals surface area contributed by atoms with Gasteiger partial charge < -0.3 is 4.74 Å². The zero-order chi connectivity index (χ0) is 14.1. The molecule has 0 saturated carbocycles. The van der Waals surface area contributed by atoms with Gasteiger partial charge >= 0.3 is 0 Å². The van der Waals surface area contributed by atoms with Crippen LogP contribution in [0, 0.1) is 0 Å². The van der Waals surface area contributed by atoms with E-state index in [2.05, 4.69) is 4.98 Å². The second-order valence-corrected chi connectivity index (χ2v) is 4.54. The van der Waals surface area contributed by atoms with Gasteiger partial charge in [0.25, 0.3) is 0 Å². The lowest BCUT2D eigenvalue weighted by Crippen LogP contribution is -2.14. The van der Waals surface area contributed by atoms with E-state index in [9.17, 15) is 9.59 Å². The molecule has 0 atom stereocenters. The Morgan fingerprint density at radius 1 is 1.00 bits per heavy atom. The molecular formula is C16H13NO3. The average molecular weight is 267 g/mol. The highest BCUT2D eigenvalue weighted by Crippen LogP contribution is 2.33. The summed E-state index contributed by atoms with van der Waals surface area (Å²) in [5.74, 6) is -0.784. The zero-order valence-electron chi connectivity index (χ0n) is 11.0. The van der Waals surface area contributed by atoms with Gasteiger partial charge in [-0.25, -0.2) is 4.98 Å². The number of pyridine rings is 1. The molecule has 1 aliphatic rings. The molecule has 1 aromatic heterocycles. The van der Waals surface area contributed by atoms with Crippen LogP contribution in [-0.4, -0.2) is 23.2 Å². The number of aromatic nitrogens is 1. The Bertz CT molecular complexity index is 659. The molecular weight excluding hydrogens is 254 g/mol. The maximum atomic E-state index is 12.4. The molecule has 1 aliphatic carbocycles. The molecule has 0 fully saturated rings. The summed E-state index contributed by atoms with van der Waals surface area (Å²) in [5, 5.41) is 0. The largest absolute Gasteiger partial charge is 0.478 e. The van der Waals surface area contributed by atoms with Crippen molar-refractivity contribution in [1.29, 1.82) is 0 Å². The summed E-state index contributed by atoms with van der Waals surface area (Å²) < 4.78 is 5.32. The first-order valence-corrected chi connectivity index (χ1v) is 6.49. The molecule has 0 spiro atoms. The van der Waals surface area contributed by atoms with E-state index in [0.717, 1.165) is 0 Å². The van der Waals surface area contributed by atoms with Crippen LogP contribution in [-0.2, 0) is 0 Å². The van der Waals surface area contributed by atoms with E-state index in [1.807, 2.05) is 6.92 Å². The van der Waals surface area contributed by atoms with Crippen LogP contribution in [0.4, 0.5) is 0 Å². The van der Waals surface area contributed by atoms with E-state index in [4.69, 9.17) is 4.74 Å². The van der Waals surface area contributed by atoms with Gasteiger partial charge in [0.1, 0.15) is 5.92 Å². The predicted octanol–water partition coefficient (Wildman–Crippen LogP) is 2.64. The lowest BCUT2D eigenvalue weighted by molar-refractivity contribution is 0.0887. The Balaban J connectivity index is 2.02. The molecule has 0 N–H and O–H groups in total. The van der Waals surface area contributed by atoms with Gasteiger partial charge in [0, 0.05) is 17.2 Å². The van der Waals surface area contributed by atoms with Crippen molar-refractivity contribution in [3.63, 3.8) is 0 Å². The summed E-state index contributed by atoms with van der Waals surface area (Å²) in [6, 6.07) is 12.0. The van der Waals surface area contributed by atoms with E-state index in [0.29, 0.717) is 29.3 Å². The first-order chi connectivity index (χ1) is 9.72. The fourth-order valence-corrected chi connectivity index (χ4v) is 2.43. The molecule has 2 aromatic rings. The number of benzene rings is 1. The lowest BCUT2D eigenvalue weighted by atomic mass is 9.99. The van der Waals surface area contributed by atoms with Gasteiger partial charge in [0.05, 0.1) is 12.3 Å². The summed E-state index contributed by atoms with van der Waals surface area (Å²) in [6.45, 7) is 2.35. The maximum absolute atomic E-state index is 12.4. The number of fused-ring (bicyclic) bond motifs is 1. The molecule has 0 aliphatic heterocycles. The molecule has 1 heterocycles. The van der Waals surface area contributed by atoms with Gasteiger partial charge in [-0.05, 0) is 13.0 Å². The van der Waals surface area contributed by atoms with Crippen LogP contribution in [0.3, 0.4) is 0 Å². The van der Waals surface area contributed by atoms with Gasteiger partial charge in [0.2, 0.25) is 5.88 Å². The Labute approximate surface area is 116 Å². The van der Waals surface area contributed by atoms with Crippen molar-refractivity contribution in [2.24, 2.45) is 0 Å². The Hall–Kier alpha value is -2.49. The normalized spacial score (nSPS) is 14.4. The topological polar surface area (TPSA) is 56.3 Å². The maximum Gasteiger partial charge on any atom is 0.213 e. The van der Waals surface area contributed by atoms with Crippen molar-refractivity contribution in [3.05, 3.63) is 59.3 Å². The molecule has 100 valence electrons. The first-order valence-electron chi connectivity index (χ1n) is 6.49. The molecule has 4 heteroatoms. The molecule has 0 unspecified atom stereocenters. The Kier molecular flexibility index (Phi) is 3.06. The number of carbonyl (C=O) groups is 2. The lowest BCUT2D eigenvalue weighted by Gasteiger charge is -2.08. The summed E-state index contributed by atoms with van der Waals surface area (Å²) in [6.07, 6.45) is 0. The highest BCUT2D eigenvalue weighted by molar-refractivity contribution is 6.29. The third-order valence-electron chi connectivity index (χ3n) is 3.32. The Morgan fingerprint density at radius 3 is 2.25 bits per heavy atom. The number of rotatable bonds is 3. The summed E-state index contributed by atoms with van der Waals surface area (Å²) in [7, 11) is 0. The summed E-state index contributed by atoms with van der Waals surface area (Å²) in [5.41, 5.74) is 1.40. The quantitative estimate of drug-likeness (QED) is 0.802. The monoisotopic (exact) mass is 267 g/mol. The van der Waals surface area contributed by atoms with Crippen LogP contribution in [0.25, 0.3) is 0 Å². The van der Waals surface area contributed by atoms with E-state index >= 15 is 0 Å². The number of Topliss-reactive ketones (excluding diaryl/α,β-unsaturated/α-hetero) is 2. The SMILES string of the molecule is CCOc1cccc(C2C(=O)c3ccccc3C2=O)n1. The molecule has 20 heavy (non-hydrogen) atoms.